The topological polar surface area (TPSA) is 86.8 Å². The number of hydrogen-bond donors (Lipinski definition) is 2. The van der Waals surface area contributed by atoms with Crippen LogP contribution in [0.4, 0.5) is 6.01 Å². The maximum absolute atomic E-state index is 10.6. The molecule has 82 valence electrons. The molecule has 1 aromatic heterocycles. The Hall–Kier alpha value is -1.56. The highest BCUT2D eigenvalue weighted by atomic mass is 16.4. The van der Waals surface area contributed by atoms with Gasteiger partial charge in [-0.25, -0.2) is 4.79 Å². The van der Waals surface area contributed by atoms with Gasteiger partial charge >= 0.3 is 5.97 Å². The Morgan fingerprint density at radius 2 is 2.20 bits per heavy atom. The monoisotopic (exact) mass is 212 g/mol. The molecule has 6 nitrogen and oxygen atoms in total. The highest BCUT2D eigenvalue weighted by Gasteiger charge is 2.21. The molecule has 6 heteroatoms. The SMILES string of the molecule is O=C(O)c1coc(N2CCC(O)CC2)n1. The van der Waals surface area contributed by atoms with E-state index in [1.165, 1.54) is 0 Å². The Labute approximate surface area is 86.1 Å². The van der Waals surface area contributed by atoms with Crippen LogP contribution >= 0.6 is 0 Å². The fourth-order valence-corrected chi connectivity index (χ4v) is 1.56. The molecule has 0 amide bonds. The molecule has 1 aromatic rings. The summed E-state index contributed by atoms with van der Waals surface area (Å²) >= 11 is 0. The van der Waals surface area contributed by atoms with Gasteiger partial charge in [0.15, 0.2) is 5.69 Å². The quantitative estimate of drug-likeness (QED) is 0.734. The van der Waals surface area contributed by atoms with Crippen LogP contribution in [-0.4, -0.2) is 40.4 Å². The van der Waals surface area contributed by atoms with Gasteiger partial charge in [0.05, 0.1) is 6.10 Å². The lowest BCUT2D eigenvalue weighted by molar-refractivity contribution is 0.0690. The lowest BCUT2D eigenvalue weighted by atomic mass is 10.1. The summed E-state index contributed by atoms with van der Waals surface area (Å²) in [6, 6.07) is 0.319. The van der Waals surface area contributed by atoms with Crippen LogP contribution in [0.15, 0.2) is 10.7 Å². The Morgan fingerprint density at radius 1 is 1.53 bits per heavy atom. The van der Waals surface area contributed by atoms with Crippen LogP contribution in [0, 0.1) is 0 Å². The number of carboxylic acids is 1. The normalized spacial score (nSPS) is 18.1. The maximum atomic E-state index is 10.6. The number of piperidine rings is 1. The first kappa shape index (κ1) is 9.97. The van der Waals surface area contributed by atoms with Crippen LogP contribution in [0.3, 0.4) is 0 Å². The third-order valence-electron chi connectivity index (χ3n) is 2.45. The molecule has 0 saturated carbocycles. The number of aromatic carboxylic acids is 1. The van der Waals surface area contributed by atoms with Crippen molar-refractivity contribution in [2.75, 3.05) is 18.0 Å². The van der Waals surface area contributed by atoms with Gasteiger partial charge in [-0.1, -0.05) is 0 Å². The number of anilines is 1. The maximum Gasteiger partial charge on any atom is 0.357 e. The van der Waals surface area contributed by atoms with Crippen LogP contribution in [0.25, 0.3) is 0 Å². The molecular weight excluding hydrogens is 200 g/mol. The second kappa shape index (κ2) is 3.90. The predicted molar refractivity (Wildman–Crippen MR) is 50.9 cm³/mol. The predicted octanol–water partition coefficient (Wildman–Crippen LogP) is 0.334. The molecule has 0 atom stereocenters. The summed E-state index contributed by atoms with van der Waals surface area (Å²) < 4.78 is 5.05. The summed E-state index contributed by atoms with van der Waals surface area (Å²) in [6.45, 7) is 1.28. The molecule has 2 rings (SSSR count). The molecule has 1 aliphatic heterocycles. The van der Waals surface area contributed by atoms with Gasteiger partial charge in [-0.15, -0.1) is 0 Å². The van der Waals surface area contributed by atoms with Crippen LogP contribution in [0.1, 0.15) is 23.3 Å². The van der Waals surface area contributed by atoms with Gasteiger partial charge < -0.3 is 19.5 Å². The van der Waals surface area contributed by atoms with Crippen molar-refractivity contribution in [1.29, 1.82) is 0 Å². The first-order chi connectivity index (χ1) is 7.16. The highest BCUT2D eigenvalue weighted by molar-refractivity contribution is 5.85. The van der Waals surface area contributed by atoms with Crippen LogP contribution < -0.4 is 4.90 Å². The average Bonchev–Trinajstić information content (AvgIpc) is 2.68. The van der Waals surface area contributed by atoms with Gasteiger partial charge in [0.2, 0.25) is 0 Å². The van der Waals surface area contributed by atoms with Crippen molar-refractivity contribution in [2.24, 2.45) is 0 Å². The number of aliphatic hydroxyl groups excluding tert-OH is 1. The Morgan fingerprint density at radius 3 is 2.73 bits per heavy atom. The zero-order valence-corrected chi connectivity index (χ0v) is 8.09. The van der Waals surface area contributed by atoms with Gasteiger partial charge in [0.1, 0.15) is 6.26 Å². The van der Waals surface area contributed by atoms with E-state index < -0.39 is 5.97 Å². The van der Waals surface area contributed by atoms with Crippen molar-refractivity contribution in [3.05, 3.63) is 12.0 Å². The van der Waals surface area contributed by atoms with Crippen molar-refractivity contribution in [1.82, 2.24) is 4.98 Å². The zero-order chi connectivity index (χ0) is 10.8. The summed E-state index contributed by atoms with van der Waals surface area (Å²) in [5, 5.41) is 18.0. The van der Waals surface area contributed by atoms with Crippen molar-refractivity contribution in [3.63, 3.8) is 0 Å². The van der Waals surface area contributed by atoms with Crippen LogP contribution in [-0.2, 0) is 0 Å². The Bertz CT molecular complexity index is 355. The van der Waals surface area contributed by atoms with E-state index in [-0.39, 0.29) is 11.8 Å². The molecular formula is C9H12N2O4. The van der Waals surface area contributed by atoms with Gasteiger partial charge in [-0.2, -0.15) is 4.98 Å². The molecule has 1 saturated heterocycles. The molecule has 0 radical (unpaired) electrons. The van der Waals surface area contributed by atoms with E-state index in [9.17, 15) is 9.90 Å². The molecule has 2 N–H and O–H groups in total. The van der Waals surface area contributed by atoms with E-state index >= 15 is 0 Å². The minimum atomic E-state index is -1.10. The number of carbonyl (C=O) groups is 1. The number of aromatic nitrogens is 1. The molecule has 0 aromatic carbocycles. The summed E-state index contributed by atoms with van der Waals surface area (Å²) in [5.74, 6) is -1.10. The first-order valence-electron chi connectivity index (χ1n) is 4.78. The number of aliphatic hydroxyl groups is 1. The molecule has 0 spiro atoms. The number of oxazole rings is 1. The Kier molecular flexibility index (Phi) is 2.59. The van der Waals surface area contributed by atoms with Crippen molar-refractivity contribution < 1.29 is 19.4 Å². The number of nitrogens with zero attached hydrogens (tertiary/aromatic N) is 2. The largest absolute Gasteiger partial charge is 0.476 e. The smallest absolute Gasteiger partial charge is 0.357 e. The summed E-state index contributed by atoms with van der Waals surface area (Å²) in [6.07, 6.45) is 2.17. The molecule has 1 fully saturated rings. The lowest BCUT2D eigenvalue weighted by Crippen LogP contribution is -2.36. The molecule has 0 aliphatic carbocycles. The second-order valence-corrected chi connectivity index (χ2v) is 3.54. The van der Waals surface area contributed by atoms with Crippen LogP contribution in [0.2, 0.25) is 0 Å². The van der Waals surface area contributed by atoms with E-state index in [1.807, 2.05) is 4.90 Å². The van der Waals surface area contributed by atoms with Crippen LogP contribution in [0.5, 0.6) is 0 Å². The molecule has 0 unspecified atom stereocenters. The lowest BCUT2D eigenvalue weighted by Gasteiger charge is -2.27. The van der Waals surface area contributed by atoms with Crippen molar-refractivity contribution >= 4 is 12.0 Å². The Balaban J connectivity index is 2.06. The third kappa shape index (κ3) is 2.10. The van der Waals surface area contributed by atoms with E-state index in [0.717, 1.165) is 6.26 Å². The third-order valence-corrected chi connectivity index (χ3v) is 2.45. The van der Waals surface area contributed by atoms with Crippen molar-refractivity contribution in [3.8, 4) is 0 Å². The van der Waals surface area contributed by atoms with Crippen molar-refractivity contribution in [2.45, 2.75) is 18.9 Å². The van der Waals surface area contributed by atoms with Gasteiger partial charge in [0, 0.05) is 13.1 Å². The van der Waals surface area contributed by atoms with E-state index in [2.05, 4.69) is 4.98 Å². The number of rotatable bonds is 2. The summed E-state index contributed by atoms with van der Waals surface area (Å²) in [4.78, 5) is 16.2. The minimum Gasteiger partial charge on any atom is -0.476 e. The fourth-order valence-electron chi connectivity index (χ4n) is 1.56. The highest BCUT2D eigenvalue weighted by Crippen LogP contribution is 2.19. The molecule has 0 bridgehead atoms. The molecule has 2 heterocycles. The van der Waals surface area contributed by atoms with E-state index in [4.69, 9.17) is 9.52 Å². The second-order valence-electron chi connectivity index (χ2n) is 3.54. The zero-order valence-electron chi connectivity index (χ0n) is 8.09. The average molecular weight is 212 g/mol. The number of hydrogen-bond acceptors (Lipinski definition) is 5. The molecule has 15 heavy (non-hydrogen) atoms. The standard InChI is InChI=1S/C9H12N2O4/c12-6-1-3-11(4-2-6)9-10-7(5-15-9)8(13)14/h5-6,12H,1-4H2,(H,13,14). The molecule has 1 aliphatic rings. The van der Waals surface area contributed by atoms with Gasteiger partial charge in [-0.05, 0) is 12.8 Å². The van der Waals surface area contributed by atoms with E-state index in [1.54, 1.807) is 0 Å². The van der Waals surface area contributed by atoms with E-state index in [0.29, 0.717) is 31.9 Å². The fraction of sp³-hybridized carbons (Fsp3) is 0.556. The first-order valence-corrected chi connectivity index (χ1v) is 4.78. The van der Waals surface area contributed by atoms with Gasteiger partial charge in [-0.3, -0.25) is 0 Å². The van der Waals surface area contributed by atoms with Gasteiger partial charge in [0.25, 0.3) is 6.01 Å². The summed E-state index contributed by atoms with van der Waals surface area (Å²) in [5.41, 5.74) is -0.0869. The summed E-state index contributed by atoms with van der Waals surface area (Å²) in [7, 11) is 0. The number of carboxylic acid groups (broad SMARTS) is 1. The minimum absolute atomic E-state index is 0.0869.